The Kier molecular flexibility index (Phi) is 8.60. The first-order valence-electron chi connectivity index (χ1n) is 11.2. The van der Waals surface area contributed by atoms with Crippen LogP contribution in [0.5, 0.6) is 11.5 Å². The Labute approximate surface area is 220 Å². The molecule has 2 unspecified atom stereocenters. The number of H-pyrrole nitrogens is 1. The summed E-state index contributed by atoms with van der Waals surface area (Å²) >= 11 is 1.08. The normalized spacial score (nSPS) is 13.3. The van der Waals surface area contributed by atoms with Gasteiger partial charge in [0.05, 0.1) is 28.8 Å². The second-order valence-corrected chi connectivity index (χ2v) is 9.09. The van der Waals surface area contributed by atoms with E-state index in [9.17, 15) is 31.1 Å². The second kappa shape index (κ2) is 11.9. The zero-order valence-electron chi connectivity index (χ0n) is 20.0. The molecule has 2 N–H and O–H groups in total. The average molecular weight is 575 g/mol. The highest BCUT2D eigenvalue weighted by molar-refractivity contribution is 7.15. The van der Waals surface area contributed by atoms with Crippen LogP contribution in [0.25, 0.3) is 22.0 Å². The predicted molar refractivity (Wildman–Crippen MR) is 129 cm³/mol. The SMILES string of the molecule is COc1cc(OCc2sc(-c3ccc(C(F)(F)F)cc3)nc2CNC(F)C(F)CF)ccc1-c1noc(=O)[nH]1. The topological polar surface area (TPSA) is 102 Å². The Bertz CT molecular complexity index is 1450. The molecule has 2 aromatic carbocycles. The molecule has 0 aliphatic rings. The molecule has 0 bridgehead atoms. The predicted octanol–water partition coefficient (Wildman–Crippen LogP) is 5.45. The molecule has 4 aromatic rings. The third-order valence-electron chi connectivity index (χ3n) is 5.41. The number of hydrogen-bond acceptors (Lipinski definition) is 8. The van der Waals surface area contributed by atoms with Crippen molar-refractivity contribution >= 4 is 11.3 Å². The molecule has 0 amide bonds. The van der Waals surface area contributed by atoms with Crippen LogP contribution in [-0.2, 0) is 19.3 Å². The first kappa shape index (κ1) is 28.2. The number of alkyl halides is 6. The molecule has 15 heteroatoms. The largest absolute Gasteiger partial charge is 0.496 e. The third kappa shape index (κ3) is 6.78. The molecule has 0 aliphatic carbocycles. The Morgan fingerprint density at radius 3 is 2.51 bits per heavy atom. The van der Waals surface area contributed by atoms with Gasteiger partial charge in [0.25, 0.3) is 0 Å². The van der Waals surface area contributed by atoms with Crippen molar-refractivity contribution in [3.8, 4) is 33.5 Å². The van der Waals surface area contributed by atoms with Crippen LogP contribution in [0, 0.1) is 0 Å². The van der Waals surface area contributed by atoms with Crippen molar-refractivity contribution in [2.45, 2.75) is 31.8 Å². The lowest BCUT2D eigenvalue weighted by Gasteiger charge is -2.13. The van der Waals surface area contributed by atoms with E-state index in [1.54, 1.807) is 12.1 Å². The minimum Gasteiger partial charge on any atom is -0.496 e. The van der Waals surface area contributed by atoms with Gasteiger partial charge in [-0.15, -0.1) is 11.3 Å². The summed E-state index contributed by atoms with van der Waals surface area (Å²) < 4.78 is 94.2. The van der Waals surface area contributed by atoms with E-state index in [1.165, 1.54) is 25.3 Å². The Morgan fingerprint density at radius 2 is 1.90 bits per heavy atom. The van der Waals surface area contributed by atoms with Gasteiger partial charge in [0.2, 0.25) is 0 Å². The van der Waals surface area contributed by atoms with Crippen molar-refractivity contribution in [2.75, 3.05) is 13.8 Å². The Balaban J connectivity index is 1.57. The van der Waals surface area contributed by atoms with E-state index >= 15 is 0 Å². The number of nitrogens with one attached hydrogen (secondary N) is 2. The number of rotatable bonds is 11. The summed E-state index contributed by atoms with van der Waals surface area (Å²) in [4.78, 5) is 18.5. The summed E-state index contributed by atoms with van der Waals surface area (Å²) in [6.07, 6.45) is -9.17. The number of methoxy groups -OCH3 is 1. The van der Waals surface area contributed by atoms with E-state index in [2.05, 4.69) is 25.0 Å². The van der Waals surface area contributed by atoms with Crippen molar-refractivity contribution in [2.24, 2.45) is 0 Å². The van der Waals surface area contributed by atoms with Gasteiger partial charge >= 0.3 is 11.9 Å². The maximum absolute atomic E-state index is 13.9. The number of ether oxygens (including phenoxy) is 2. The van der Waals surface area contributed by atoms with Gasteiger partial charge in [-0.1, -0.05) is 17.3 Å². The second-order valence-electron chi connectivity index (χ2n) is 8.01. The number of hydrogen-bond donors (Lipinski definition) is 2. The lowest BCUT2D eigenvalue weighted by molar-refractivity contribution is -0.137. The van der Waals surface area contributed by atoms with E-state index in [0.717, 1.165) is 23.5 Å². The Morgan fingerprint density at radius 1 is 1.15 bits per heavy atom. The van der Waals surface area contributed by atoms with Crippen LogP contribution in [-0.4, -0.2) is 41.4 Å². The standard InChI is InChI=1S/C24H20F6N4O4S/c1-36-18-8-14(6-7-15(18)21-33-23(35)38-34-21)37-11-19-17(10-31-20(27)16(26)9-25)32-22(39-19)12-2-4-13(5-3-12)24(28,29)30/h2-8,16,20,31H,9-11H2,1H3,(H,33,34,35). The molecular formula is C24H20F6N4O4S. The minimum atomic E-state index is -4.51. The lowest BCUT2D eigenvalue weighted by Crippen LogP contribution is -2.34. The zero-order chi connectivity index (χ0) is 28.2. The molecule has 208 valence electrons. The van der Waals surface area contributed by atoms with Crippen LogP contribution in [0.4, 0.5) is 26.3 Å². The average Bonchev–Trinajstić information content (AvgIpc) is 3.55. The van der Waals surface area contributed by atoms with Gasteiger partial charge < -0.3 is 9.47 Å². The van der Waals surface area contributed by atoms with Crippen molar-refractivity contribution in [3.05, 3.63) is 69.1 Å². The van der Waals surface area contributed by atoms with Crippen LogP contribution in [0.2, 0.25) is 0 Å². The van der Waals surface area contributed by atoms with Gasteiger partial charge in [-0.3, -0.25) is 14.8 Å². The van der Waals surface area contributed by atoms with E-state index < -0.39 is 36.6 Å². The van der Waals surface area contributed by atoms with Gasteiger partial charge in [0.15, 0.2) is 18.3 Å². The zero-order valence-corrected chi connectivity index (χ0v) is 20.8. The number of nitrogens with zero attached hydrogens (tertiary/aromatic N) is 2. The van der Waals surface area contributed by atoms with E-state index in [1.807, 2.05) is 0 Å². The number of benzene rings is 2. The van der Waals surface area contributed by atoms with Gasteiger partial charge in [-0.05, 0) is 24.3 Å². The van der Waals surface area contributed by atoms with Gasteiger partial charge in [-0.25, -0.2) is 22.9 Å². The molecule has 0 fully saturated rings. The maximum atomic E-state index is 13.9. The molecule has 0 saturated carbocycles. The lowest BCUT2D eigenvalue weighted by atomic mass is 10.1. The highest BCUT2D eigenvalue weighted by atomic mass is 32.1. The number of thiazole rings is 1. The summed E-state index contributed by atoms with van der Waals surface area (Å²) in [5.41, 5.74) is 0.204. The highest BCUT2D eigenvalue weighted by Gasteiger charge is 2.30. The molecule has 39 heavy (non-hydrogen) atoms. The summed E-state index contributed by atoms with van der Waals surface area (Å²) in [6, 6.07) is 8.97. The first-order chi connectivity index (χ1) is 18.6. The van der Waals surface area contributed by atoms with Crippen LogP contribution >= 0.6 is 11.3 Å². The highest BCUT2D eigenvalue weighted by Crippen LogP contribution is 2.35. The minimum absolute atomic E-state index is 0.0995. The van der Waals surface area contributed by atoms with Crippen LogP contribution < -0.4 is 20.5 Å². The molecule has 0 radical (unpaired) electrons. The summed E-state index contributed by atoms with van der Waals surface area (Å²) in [7, 11) is 1.40. The molecule has 0 aliphatic heterocycles. The number of aromatic amines is 1. The maximum Gasteiger partial charge on any atom is 0.439 e. The van der Waals surface area contributed by atoms with Crippen LogP contribution in [0.3, 0.4) is 0 Å². The summed E-state index contributed by atoms with van der Waals surface area (Å²) in [6.45, 7) is -1.91. The molecular weight excluding hydrogens is 554 g/mol. The third-order valence-corrected chi connectivity index (χ3v) is 6.53. The monoisotopic (exact) mass is 574 g/mol. The molecule has 2 aromatic heterocycles. The Hall–Kier alpha value is -3.85. The molecule has 4 rings (SSSR count). The van der Waals surface area contributed by atoms with Crippen LogP contribution in [0.1, 0.15) is 16.1 Å². The van der Waals surface area contributed by atoms with E-state index in [0.29, 0.717) is 32.5 Å². The van der Waals surface area contributed by atoms with Crippen molar-refractivity contribution in [1.29, 1.82) is 0 Å². The van der Waals surface area contributed by atoms with E-state index in [-0.39, 0.29) is 24.7 Å². The van der Waals surface area contributed by atoms with Crippen molar-refractivity contribution in [3.63, 3.8) is 0 Å². The number of halogens is 6. The number of aromatic nitrogens is 3. The van der Waals surface area contributed by atoms with E-state index in [4.69, 9.17) is 9.47 Å². The fraction of sp³-hybridized carbons (Fsp3) is 0.292. The molecule has 2 atom stereocenters. The molecule has 0 saturated heterocycles. The summed E-state index contributed by atoms with van der Waals surface area (Å²) in [5, 5.41) is 6.15. The van der Waals surface area contributed by atoms with Gasteiger partial charge in [0.1, 0.15) is 29.8 Å². The first-order valence-corrected chi connectivity index (χ1v) is 12.0. The smallest absolute Gasteiger partial charge is 0.439 e. The van der Waals surface area contributed by atoms with Gasteiger partial charge in [-0.2, -0.15) is 13.2 Å². The molecule has 8 nitrogen and oxygen atoms in total. The van der Waals surface area contributed by atoms with Crippen molar-refractivity contribution < 1.29 is 40.3 Å². The van der Waals surface area contributed by atoms with Gasteiger partial charge in [0, 0.05) is 18.2 Å². The quantitative estimate of drug-likeness (QED) is 0.181. The van der Waals surface area contributed by atoms with Crippen LogP contribution in [0.15, 0.2) is 51.8 Å². The molecule has 2 heterocycles. The fourth-order valence-corrected chi connectivity index (χ4v) is 4.41. The van der Waals surface area contributed by atoms with Crippen molar-refractivity contribution in [1.82, 2.24) is 20.4 Å². The fourth-order valence-electron chi connectivity index (χ4n) is 3.41. The molecule has 0 spiro atoms. The summed E-state index contributed by atoms with van der Waals surface area (Å²) in [5.74, 6) is 0.0212.